The highest BCUT2D eigenvalue weighted by Crippen LogP contribution is 1.87. The second-order valence-corrected chi connectivity index (χ2v) is 6.38. The van der Waals surface area contributed by atoms with Gasteiger partial charge in [0.25, 0.3) is 0 Å². The molecule has 0 spiro atoms. The zero-order valence-corrected chi connectivity index (χ0v) is 18.2. The van der Waals surface area contributed by atoms with Gasteiger partial charge < -0.3 is 40.6 Å². The van der Waals surface area contributed by atoms with Crippen LogP contribution in [0.25, 0.3) is 0 Å². The Hall–Kier alpha value is -2.77. The second-order valence-electron chi connectivity index (χ2n) is 6.38. The number of nitrogens with one attached hydrogen (secondary N) is 4. The van der Waals surface area contributed by atoms with Crippen molar-refractivity contribution in [2.45, 2.75) is 25.7 Å². The summed E-state index contributed by atoms with van der Waals surface area (Å²) in [6, 6.07) is 0. The molecular weight excluding hydrogens is 428 g/mol. The standard InChI is InChI=1S/C19H34N4O9/c24-15-20-6-3-16(25)22-7-9-31-11-13-32-12-10-30-8-4-17(26)23-14-18(27)21-5-1-2-19(28)29/h15H,1-14H2,(H,20,24)(H,21,27)(H,22,25)(H,23,26)(H,28,29). The van der Waals surface area contributed by atoms with Crippen LogP contribution in [0.5, 0.6) is 0 Å². The highest BCUT2D eigenvalue weighted by Gasteiger charge is 2.06. The molecule has 32 heavy (non-hydrogen) atoms. The number of aliphatic carboxylic acids is 1. The third kappa shape index (κ3) is 21.9. The minimum absolute atomic E-state index is 0.0242. The van der Waals surface area contributed by atoms with Gasteiger partial charge in [-0.25, -0.2) is 0 Å². The van der Waals surface area contributed by atoms with E-state index in [1.54, 1.807) is 0 Å². The number of carbonyl (C=O) groups excluding carboxylic acids is 4. The van der Waals surface area contributed by atoms with Gasteiger partial charge in [-0.1, -0.05) is 0 Å². The maximum Gasteiger partial charge on any atom is 0.303 e. The van der Waals surface area contributed by atoms with Gasteiger partial charge in [-0.2, -0.15) is 0 Å². The maximum atomic E-state index is 11.6. The molecule has 0 radical (unpaired) electrons. The second kappa shape index (κ2) is 21.5. The number of amides is 4. The molecule has 0 aliphatic rings. The Morgan fingerprint density at radius 1 is 0.656 bits per heavy atom. The van der Waals surface area contributed by atoms with Crippen LogP contribution in [0.4, 0.5) is 0 Å². The van der Waals surface area contributed by atoms with E-state index in [-0.39, 0.29) is 56.7 Å². The number of carbonyl (C=O) groups is 5. The first-order chi connectivity index (χ1) is 15.5. The first-order valence-corrected chi connectivity index (χ1v) is 10.4. The van der Waals surface area contributed by atoms with Gasteiger partial charge >= 0.3 is 5.97 Å². The molecule has 4 amide bonds. The molecule has 0 aliphatic carbocycles. The number of carboxylic acids is 1. The van der Waals surface area contributed by atoms with Crippen molar-refractivity contribution in [3.8, 4) is 0 Å². The lowest BCUT2D eigenvalue weighted by Gasteiger charge is -2.08. The molecule has 13 heteroatoms. The maximum absolute atomic E-state index is 11.6. The lowest BCUT2D eigenvalue weighted by Crippen LogP contribution is -2.37. The first-order valence-electron chi connectivity index (χ1n) is 10.4. The van der Waals surface area contributed by atoms with Crippen LogP contribution in [-0.4, -0.2) is 101 Å². The smallest absolute Gasteiger partial charge is 0.303 e. The zero-order valence-electron chi connectivity index (χ0n) is 18.2. The van der Waals surface area contributed by atoms with Crippen LogP contribution in [0.2, 0.25) is 0 Å². The minimum Gasteiger partial charge on any atom is -0.481 e. The summed E-state index contributed by atoms with van der Waals surface area (Å²) in [5, 5.41) is 18.5. The molecule has 0 saturated heterocycles. The van der Waals surface area contributed by atoms with Gasteiger partial charge in [-0.15, -0.1) is 0 Å². The van der Waals surface area contributed by atoms with Crippen LogP contribution in [-0.2, 0) is 38.2 Å². The van der Waals surface area contributed by atoms with Gasteiger partial charge in [-0.05, 0) is 6.42 Å². The summed E-state index contributed by atoms with van der Waals surface area (Å²) in [5.41, 5.74) is 0. The summed E-state index contributed by atoms with van der Waals surface area (Å²) in [6.07, 6.45) is 1.17. The fourth-order valence-electron chi connectivity index (χ4n) is 2.10. The van der Waals surface area contributed by atoms with E-state index in [0.717, 1.165) is 0 Å². The molecule has 0 saturated carbocycles. The first kappa shape index (κ1) is 29.2. The highest BCUT2D eigenvalue weighted by molar-refractivity contribution is 5.84. The monoisotopic (exact) mass is 462 g/mol. The summed E-state index contributed by atoms with van der Waals surface area (Å²) >= 11 is 0. The number of ether oxygens (including phenoxy) is 3. The Morgan fingerprint density at radius 2 is 1.25 bits per heavy atom. The molecular formula is C19H34N4O9. The van der Waals surface area contributed by atoms with Crippen molar-refractivity contribution in [2.75, 3.05) is 65.8 Å². The van der Waals surface area contributed by atoms with Gasteiger partial charge in [0, 0.05) is 38.9 Å². The zero-order chi connectivity index (χ0) is 23.9. The average Bonchev–Trinajstić information content (AvgIpc) is 2.76. The normalized spacial score (nSPS) is 10.2. The molecule has 0 atom stereocenters. The fraction of sp³-hybridized carbons (Fsp3) is 0.737. The van der Waals surface area contributed by atoms with Crippen molar-refractivity contribution in [1.82, 2.24) is 21.3 Å². The van der Waals surface area contributed by atoms with Crippen LogP contribution in [0.3, 0.4) is 0 Å². The molecule has 0 heterocycles. The minimum atomic E-state index is -0.925. The molecule has 13 nitrogen and oxygen atoms in total. The summed E-state index contributed by atoms with van der Waals surface area (Å²) in [5.74, 6) is -1.80. The number of hydrogen-bond donors (Lipinski definition) is 5. The lowest BCUT2D eigenvalue weighted by molar-refractivity contribution is -0.137. The topological polar surface area (TPSA) is 181 Å². The van der Waals surface area contributed by atoms with Crippen molar-refractivity contribution in [2.24, 2.45) is 0 Å². The van der Waals surface area contributed by atoms with Crippen LogP contribution in [0.15, 0.2) is 0 Å². The van der Waals surface area contributed by atoms with E-state index in [4.69, 9.17) is 19.3 Å². The Morgan fingerprint density at radius 3 is 1.91 bits per heavy atom. The third-order valence-electron chi connectivity index (χ3n) is 3.70. The van der Waals surface area contributed by atoms with Crippen LogP contribution >= 0.6 is 0 Å². The molecule has 0 unspecified atom stereocenters. The molecule has 0 aromatic heterocycles. The summed E-state index contributed by atoms with van der Waals surface area (Å²) in [6.45, 7) is 2.65. The molecule has 0 aromatic rings. The predicted octanol–water partition coefficient (Wildman–Crippen LogP) is -2.22. The van der Waals surface area contributed by atoms with Crippen molar-refractivity contribution in [1.29, 1.82) is 0 Å². The summed E-state index contributed by atoms with van der Waals surface area (Å²) < 4.78 is 15.9. The van der Waals surface area contributed by atoms with Crippen LogP contribution in [0, 0.1) is 0 Å². The SMILES string of the molecule is O=CNCCC(=O)NCCOCCOCCOCCC(=O)NCC(=O)NCCCC(=O)O. The quantitative estimate of drug-likeness (QED) is 0.0879. The van der Waals surface area contributed by atoms with Gasteiger partial charge in [0.05, 0.1) is 46.2 Å². The predicted molar refractivity (Wildman–Crippen MR) is 112 cm³/mol. The Kier molecular flexibility index (Phi) is 19.6. The third-order valence-corrected chi connectivity index (χ3v) is 3.70. The van der Waals surface area contributed by atoms with E-state index in [1.807, 2.05) is 0 Å². The number of carboxylic acid groups (broad SMARTS) is 1. The Labute approximate surface area is 186 Å². The van der Waals surface area contributed by atoms with Gasteiger partial charge in [0.1, 0.15) is 0 Å². The van der Waals surface area contributed by atoms with E-state index in [0.29, 0.717) is 59.0 Å². The van der Waals surface area contributed by atoms with Gasteiger partial charge in [0.2, 0.25) is 24.1 Å². The molecule has 0 aliphatic heterocycles. The highest BCUT2D eigenvalue weighted by atomic mass is 16.5. The van der Waals surface area contributed by atoms with Gasteiger partial charge in [-0.3, -0.25) is 24.0 Å². The summed E-state index contributed by atoms with van der Waals surface area (Å²) in [4.78, 5) is 54.8. The van der Waals surface area contributed by atoms with Crippen molar-refractivity contribution >= 4 is 30.1 Å². The molecule has 0 aromatic carbocycles. The Bertz CT molecular complexity index is 561. The molecule has 0 rings (SSSR count). The largest absolute Gasteiger partial charge is 0.481 e. The van der Waals surface area contributed by atoms with Gasteiger partial charge in [0.15, 0.2) is 0 Å². The van der Waals surface area contributed by atoms with Crippen LogP contribution < -0.4 is 21.3 Å². The molecule has 0 bridgehead atoms. The Balaban J connectivity index is 3.34. The van der Waals surface area contributed by atoms with Crippen LogP contribution in [0.1, 0.15) is 25.7 Å². The molecule has 0 fully saturated rings. The van der Waals surface area contributed by atoms with Crippen molar-refractivity contribution in [3.05, 3.63) is 0 Å². The van der Waals surface area contributed by atoms with E-state index < -0.39 is 5.97 Å². The lowest BCUT2D eigenvalue weighted by atomic mass is 10.3. The van der Waals surface area contributed by atoms with E-state index in [2.05, 4.69) is 21.3 Å². The molecule has 184 valence electrons. The van der Waals surface area contributed by atoms with E-state index >= 15 is 0 Å². The van der Waals surface area contributed by atoms with Crippen molar-refractivity contribution < 1.29 is 43.3 Å². The number of rotatable bonds is 22. The fourth-order valence-corrected chi connectivity index (χ4v) is 2.10. The van der Waals surface area contributed by atoms with E-state index in [1.165, 1.54) is 0 Å². The molecule has 5 N–H and O–H groups in total. The number of hydrogen-bond acceptors (Lipinski definition) is 8. The summed E-state index contributed by atoms with van der Waals surface area (Å²) in [7, 11) is 0. The average molecular weight is 463 g/mol. The van der Waals surface area contributed by atoms with Crippen molar-refractivity contribution in [3.63, 3.8) is 0 Å². The van der Waals surface area contributed by atoms with E-state index in [9.17, 15) is 24.0 Å².